The molecular weight excluding hydrogens is 747 g/mol. The molecule has 0 saturated heterocycles. The zero-order valence-corrected chi connectivity index (χ0v) is 33.4. The largest absolute Gasteiger partial charge is 0.507 e. The summed E-state index contributed by atoms with van der Waals surface area (Å²) in [6.07, 6.45) is 1.63. The summed E-state index contributed by atoms with van der Waals surface area (Å²) < 4.78 is 63.1. The molecule has 0 heterocycles. The molecule has 2 aliphatic carbocycles. The molecule has 2 aromatic rings. The van der Waals surface area contributed by atoms with Crippen molar-refractivity contribution in [1.29, 1.82) is 0 Å². The standard InChI is InChI=1S/C34H36N2O14S2.Na/c1-13(2)19-25-23(17(29(39)33(19)43)11-35-7-9-51(45,46)47)31(41)21(15(5)27(25)37)22-16(6)28(38)26-20(14(3)4)34(44)30(40)18(24(26)32(22)42)12-36-8-10-52(48,49)50;/h11-14,37,39,41,43H,7-10H2,1-6H3,(H,45,46,47)(H,48,49,50);. The van der Waals surface area contributed by atoms with Crippen molar-refractivity contribution in [2.24, 2.45) is 9.98 Å². The van der Waals surface area contributed by atoms with Gasteiger partial charge in [0.15, 0.2) is 22.4 Å². The number of hydrogen-bond acceptors (Lipinski definition) is 14. The Morgan fingerprint density at radius 3 is 1.51 bits per heavy atom. The Morgan fingerprint density at radius 2 is 1.04 bits per heavy atom. The number of phenolic OH excluding ortho intramolecular Hbond substituents is 4. The van der Waals surface area contributed by atoms with E-state index in [0.717, 1.165) is 12.4 Å². The molecule has 0 atom stereocenters. The van der Waals surface area contributed by atoms with E-state index in [-0.39, 0.29) is 62.6 Å². The molecule has 19 heteroatoms. The molecule has 0 saturated carbocycles. The summed E-state index contributed by atoms with van der Waals surface area (Å²) in [6.45, 7) is 7.66. The number of rotatable bonds is 11. The SMILES string of the molecule is Cc1c(-c2c(C)c(=O)c3c(C(C)C)c(=O)c(=O)c(C=NCCS(=O)(=O)O)c-3c2=O)c(O)c2c(C=NCCS(=O)(=O)O)c(O)c(O)c(C(C)C)c2c1O.[Na]. The molecule has 0 spiro atoms. The molecule has 0 aromatic heterocycles. The van der Waals surface area contributed by atoms with Crippen LogP contribution in [0.15, 0.2) is 29.2 Å². The van der Waals surface area contributed by atoms with Gasteiger partial charge in [0.1, 0.15) is 11.5 Å². The Bertz CT molecular complexity index is 2630. The average molecular weight is 784 g/mol. The smallest absolute Gasteiger partial charge is 0.266 e. The molecule has 0 amide bonds. The van der Waals surface area contributed by atoms with E-state index in [1.165, 1.54) is 27.7 Å². The molecule has 1 radical (unpaired) electrons. The van der Waals surface area contributed by atoms with Crippen LogP contribution in [-0.2, 0) is 20.2 Å². The third-order valence-corrected chi connectivity index (χ3v) is 10.0. The summed E-state index contributed by atoms with van der Waals surface area (Å²) in [6, 6.07) is 0. The molecule has 279 valence electrons. The maximum absolute atomic E-state index is 14.6. The van der Waals surface area contributed by atoms with E-state index in [0.29, 0.717) is 0 Å². The first kappa shape index (κ1) is 43.4. The van der Waals surface area contributed by atoms with Gasteiger partial charge < -0.3 is 20.4 Å². The van der Waals surface area contributed by atoms with Crippen LogP contribution in [0.2, 0.25) is 0 Å². The summed E-state index contributed by atoms with van der Waals surface area (Å²) in [4.78, 5) is 63.2. The zero-order valence-electron chi connectivity index (χ0n) is 29.8. The van der Waals surface area contributed by atoms with Gasteiger partial charge in [-0.3, -0.25) is 38.3 Å². The van der Waals surface area contributed by atoms with Gasteiger partial charge in [-0.25, -0.2) is 0 Å². The molecule has 6 N–H and O–H groups in total. The van der Waals surface area contributed by atoms with Crippen LogP contribution in [0.5, 0.6) is 23.0 Å². The third kappa shape index (κ3) is 8.08. The van der Waals surface area contributed by atoms with Gasteiger partial charge in [0.2, 0.25) is 10.9 Å². The van der Waals surface area contributed by atoms with E-state index in [1.807, 2.05) is 0 Å². The van der Waals surface area contributed by atoms with E-state index in [1.54, 1.807) is 13.8 Å². The van der Waals surface area contributed by atoms with Crippen LogP contribution in [0.4, 0.5) is 0 Å². The molecule has 2 aliphatic rings. The minimum atomic E-state index is -4.48. The number of hydrogen-bond donors (Lipinski definition) is 6. The molecule has 16 nitrogen and oxygen atoms in total. The van der Waals surface area contributed by atoms with Crippen LogP contribution in [0.3, 0.4) is 0 Å². The summed E-state index contributed by atoms with van der Waals surface area (Å²) >= 11 is 0. The normalized spacial score (nSPS) is 12.6. The van der Waals surface area contributed by atoms with Gasteiger partial charge in [-0.15, -0.1) is 0 Å². The van der Waals surface area contributed by atoms with Crippen LogP contribution in [0.1, 0.15) is 72.9 Å². The summed E-state index contributed by atoms with van der Waals surface area (Å²) in [5.74, 6) is -5.98. The molecule has 0 bridgehead atoms. The van der Waals surface area contributed by atoms with E-state index in [2.05, 4.69) is 9.98 Å². The summed E-state index contributed by atoms with van der Waals surface area (Å²) in [5, 5.41) is 45.2. The zero-order chi connectivity index (χ0) is 39.4. The Labute approximate surface area is 325 Å². The van der Waals surface area contributed by atoms with Gasteiger partial charge >= 0.3 is 0 Å². The maximum atomic E-state index is 14.6. The second kappa shape index (κ2) is 15.7. The van der Waals surface area contributed by atoms with Gasteiger partial charge in [-0.1, -0.05) is 27.7 Å². The second-order valence-electron chi connectivity index (χ2n) is 12.8. The van der Waals surface area contributed by atoms with Crippen LogP contribution in [-0.4, -0.2) is 113 Å². The van der Waals surface area contributed by atoms with E-state index < -0.39 is 135 Å². The predicted octanol–water partition coefficient (Wildman–Crippen LogP) is 1.85. The van der Waals surface area contributed by atoms with Crippen LogP contribution in [0.25, 0.3) is 33.0 Å². The van der Waals surface area contributed by atoms with Crippen molar-refractivity contribution in [3.8, 4) is 45.3 Å². The Balaban J connectivity index is 0.00000756. The predicted molar refractivity (Wildman–Crippen MR) is 201 cm³/mol. The first-order valence-electron chi connectivity index (χ1n) is 15.7. The van der Waals surface area contributed by atoms with Gasteiger partial charge in [0.25, 0.3) is 20.2 Å². The van der Waals surface area contributed by atoms with Gasteiger partial charge in [-0.05, 0) is 25.7 Å². The minimum Gasteiger partial charge on any atom is -0.507 e. The minimum absolute atomic E-state index is 0. The van der Waals surface area contributed by atoms with Crippen LogP contribution in [0, 0.1) is 13.8 Å². The maximum Gasteiger partial charge on any atom is 0.266 e. The van der Waals surface area contributed by atoms with Crippen molar-refractivity contribution in [3.05, 3.63) is 74.3 Å². The number of aromatic hydroxyl groups is 4. The van der Waals surface area contributed by atoms with Gasteiger partial charge in [0.05, 0.1) is 30.2 Å². The molecule has 0 aliphatic heterocycles. The molecule has 2 aromatic carbocycles. The quantitative estimate of drug-likeness (QED) is 0.0316. The van der Waals surface area contributed by atoms with Gasteiger partial charge in [0, 0.05) is 103 Å². The first-order chi connectivity index (χ1) is 23.9. The van der Waals surface area contributed by atoms with Crippen molar-refractivity contribution < 1.29 is 46.4 Å². The first-order valence-corrected chi connectivity index (χ1v) is 18.9. The Morgan fingerprint density at radius 1 is 0.547 bits per heavy atom. The van der Waals surface area contributed by atoms with Crippen molar-refractivity contribution >= 4 is 73.0 Å². The van der Waals surface area contributed by atoms with Gasteiger partial charge in [-0.2, -0.15) is 16.8 Å². The summed E-state index contributed by atoms with van der Waals surface area (Å²) in [5.41, 5.74) is -8.06. The van der Waals surface area contributed by atoms with Crippen molar-refractivity contribution in [1.82, 2.24) is 0 Å². The van der Waals surface area contributed by atoms with Crippen molar-refractivity contribution in [2.45, 2.75) is 53.4 Å². The van der Waals surface area contributed by atoms with Crippen molar-refractivity contribution in [3.63, 3.8) is 0 Å². The molecule has 0 fully saturated rings. The third-order valence-electron chi connectivity index (χ3n) is 8.65. The number of nitrogens with zero attached hydrogens (tertiary/aromatic N) is 2. The fourth-order valence-electron chi connectivity index (χ4n) is 6.29. The van der Waals surface area contributed by atoms with E-state index >= 15 is 0 Å². The monoisotopic (exact) mass is 783 g/mol. The summed E-state index contributed by atoms with van der Waals surface area (Å²) in [7, 11) is -8.93. The molecule has 4 rings (SSSR count). The number of fused-ring (bicyclic) bond motifs is 2. The van der Waals surface area contributed by atoms with Crippen LogP contribution < -0.4 is 21.7 Å². The topological polar surface area (TPSA) is 283 Å². The molecule has 0 unspecified atom stereocenters. The van der Waals surface area contributed by atoms with Crippen LogP contribution >= 0.6 is 0 Å². The fourth-order valence-corrected chi connectivity index (χ4v) is 6.96. The van der Waals surface area contributed by atoms with E-state index in [9.17, 15) is 56.4 Å². The van der Waals surface area contributed by atoms with E-state index in [4.69, 9.17) is 9.11 Å². The Hall–Kier alpha value is -4.04. The average Bonchev–Trinajstić information content (AvgIpc) is 3.02. The fraction of sp³-hybridized carbons (Fsp3) is 0.353. The molecule has 53 heavy (non-hydrogen) atoms. The Kier molecular flexibility index (Phi) is 12.9. The molecular formula is C34H36N2NaO14S2. The van der Waals surface area contributed by atoms with Crippen molar-refractivity contribution in [2.75, 3.05) is 24.6 Å². The number of benzene rings is 4. The second-order valence-corrected chi connectivity index (χ2v) is 16.0. The number of phenols is 4. The number of aliphatic imine (C=N–C) groups is 2.